The van der Waals surface area contributed by atoms with Crippen LogP contribution in [0.2, 0.25) is 0 Å². The molecule has 0 saturated heterocycles. The Balaban J connectivity index is 2.01. The molecule has 1 N–H and O–H groups in total. The van der Waals surface area contributed by atoms with Gasteiger partial charge in [0.1, 0.15) is 0 Å². The van der Waals surface area contributed by atoms with Crippen molar-refractivity contribution in [3.8, 4) is 0 Å². The first-order valence-corrected chi connectivity index (χ1v) is 8.58. The van der Waals surface area contributed by atoms with Gasteiger partial charge in [0.05, 0.1) is 0 Å². The fourth-order valence-electron chi connectivity index (χ4n) is 2.73. The van der Waals surface area contributed by atoms with E-state index in [1.54, 1.807) is 0 Å². The summed E-state index contributed by atoms with van der Waals surface area (Å²) in [6.07, 6.45) is 4.97. The van der Waals surface area contributed by atoms with Gasteiger partial charge in [-0.25, -0.2) is 0 Å². The number of carbonyl (C=O) groups is 1. The van der Waals surface area contributed by atoms with E-state index < -0.39 is 0 Å². The monoisotopic (exact) mass is 387 g/mol. The van der Waals surface area contributed by atoms with E-state index in [1.165, 1.54) is 25.7 Å². The number of hydrogen-bond donors (Lipinski definition) is 1. The Hall–Kier alpha value is -0.350. The van der Waals surface area contributed by atoms with Crippen molar-refractivity contribution < 1.29 is 4.79 Å². The molecule has 0 bridgehead atoms. The van der Waals surface area contributed by atoms with Gasteiger partial charge in [0.25, 0.3) is 5.91 Å². The highest BCUT2D eigenvalue weighted by molar-refractivity contribution is 9.10. The number of hydrogen-bond acceptors (Lipinski definition) is 1. The van der Waals surface area contributed by atoms with Crippen LogP contribution in [-0.4, -0.2) is 17.8 Å². The summed E-state index contributed by atoms with van der Waals surface area (Å²) in [5.41, 5.74) is 2.04. The molecule has 1 amide bonds. The van der Waals surface area contributed by atoms with E-state index in [4.69, 9.17) is 0 Å². The van der Waals surface area contributed by atoms with E-state index in [0.717, 1.165) is 27.5 Å². The molecule has 1 aliphatic carbocycles. The van der Waals surface area contributed by atoms with E-state index in [1.807, 2.05) is 25.1 Å². The normalized spacial score (nSPS) is 17.4. The molecular formula is C15H19Br2NO. The maximum atomic E-state index is 12.2. The second-order valence-corrected chi connectivity index (χ2v) is 6.96. The minimum atomic E-state index is 0.0391. The van der Waals surface area contributed by atoms with Crippen molar-refractivity contribution in [1.82, 2.24) is 5.32 Å². The molecule has 0 unspecified atom stereocenters. The van der Waals surface area contributed by atoms with Gasteiger partial charge in [0, 0.05) is 21.9 Å². The van der Waals surface area contributed by atoms with E-state index in [0.29, 0.717) is 0 Å². The average molecular weight is 389 g/mol. The summed E-state index contributed by atoms with van der Waals surface area (Å²) in [7, 11) is 0. The molecule has 0 aliphatic heterocycles. The first kappa shape index (κ1) is 15.0. The van der Waals surface area contributed by atoms with Crippen molar-refractivity contribution >= 4 is 37.8 Å². The standard InChI is InChI=1S/C15H19Br2NO/c1-11-8-12(17)4-5-13(11)14(19)18-10-15(9-16)6-2-3-7-15/h4-5,8H,2-3,6-7,9-10H2,1H3,(H,18,19). The van der Waals surface area contributed by atoms with Crippen molar-refractivity contribution in [3.63, 3.8) is 0 Å². The third-order valence-corrected chi connectivity index (χ3v) is 5.69. The lowest BCUT2D eigenvalue weighted by Gasteiger charge is -2.26. The van der Waals surface area contributed by atoms with Gasteiger partial charge in [0.2, 0.25) is 0 Å². The van der Waals surface area contributed by atoms with E-state index in [9.17, 15) is 4.79 Å². The molecule has 1 aromatic carbocycles. The number of amides is 1. The van der Waals surface area contributed by atoms with Crippen LogP contribution in [0.25, 0.3) is 0 Å². The minimum Gasteiger partial charge on any atom is -0.351 e. The van der Waals surface area contributed by atoms with Gasteiger partial charge < -0.3 is 5.32 Å². The van der Waals surface area contributed by atoms with Crippen LogP contribution in [0.15, 0.2) is 22.7 Å². The summed E-state index contributed by atoms with van der Waals surface area (Å²) in [5.74, 6) is 0.0391. The SMILES string of the molecule is Cc1cc(Br)ccc1C(=O)NCC1(CBr)CCCC1. The fraction of sp³-hybridized carbons (Fsp3) is 0.533. The highest BCUT2D eigenvalue weighted by atomic mass is 79.9. The Kier molecular flexibility index (Phi) is 5.07. The molecule has 0 spiro atoms. The minimum absolute atomic E-state index is 0.0391. The van der Waals surface area contributed by atoms with Crippen LogP contribution >= 0.6 is 31.9 Å². The molecule has 4 heteroatoms. The van der Waals surface area contributed by atoms with E-state index in [2.05, 4.69) is 37.2 Å². The van der Waals surface area contributed by atoms with Gasteiger partial charge >= 0.3 is 0 Å². The average Bonchev–Trinajstić information content (AvgIpc) is 2.85. The molecule has 1 fully saturated rings. The Morgan fingerprint density at radius 2 is 2.05 bits per heavy atom. The molecule has 0 radical (unpaired) electrons. The third-order valence-electron chi connectivity index (χ3n) is 4.00. The Labute approximate surface area is 131 Å². The lowest BCUT2D eigenvalue weighted by atomic mass is 9.88. The largest absolute Gasteiger partial charge is 0.351 e. The van der Waals surface area contributed by atoms with Gasteiger partial charge in [-0.3, -0.25) is 4.79 Å². The van der Waals surface area contributed by atoms with Crippen molar-refractivity contribution in [2.45, 2.75) is 32.6 Å². The molecule has 0 atom stereocenters. The van der Waals surface area contributed by atoms with Crippen LogP contribution < -0.4 is 5.32 Å². The van der Waals surface area contributed by atoms with Gasteiger partial charge in [-0.05, 0) is 48.9 Å². The maximum absolute atomic E-state index is 12.2. The van der Waals surface area contributed by atoms with Crippen LogP contribution in [0.4, 0.5) is 0 Å². The molecule has 1 aliphatic rings. The third kappa shape index (κ3) is 3.60. The second kappa shape index (κ2) is 6.40. The molecule has 2 rings (SSSR count). The number of benzene rings is 1. The number of carbonyl (C=O) groups excluding carboxylic acids is 1. The summed E-state index contributed by atoms with van der Waals surface area (Å²) in [4.78, 5) is 12.2. The molecular weight excluding hydrogens is 370 g/mol. The first-order chi connectivity index (χ1) is 9.06. The zero-order valence-corrected chi connectivity index (χ0v) is 14.3. The van der Waals surface area contributed by atoms with Gasteiger partial charge in [-0.2, -0.15) is 0 Å². The lowest BCUT2D eigenvalue weighted by molar-refractivity contribution is 0.0935. The number of alkyl halides is 1. The summed E-state index contributed by atoms with van der Waals surface area (Å²) >= 11 is 7.03. The van der Waals surface area contributed by atoms with Crippen LogP contribution in [-0.2, 0) is 0 Å². The molecule has 104 valence electrons. The van der Waals surface area contributed by atoms with Crippen LogP contribution in [0.3, 0.4) is 0 Å². The quantitative estimate of drug-likeness (QED) is 0.758. The number of nitrogens with one attached hydrogen (secondary N) is 1. The second-order valence-electron chi connectivity index (χ2n) is 5.48. The zero-order chi connectivity index (χ0) is 13.9. The van der Waals surface area contributed by atoms with Crippen molar-refractivity contribution in [2.75, 3.05) is 11.9 Å². The van der Waals surface area contributed by atoms with Gasteiger partial charge in [0.15, 0.2) is 0 Å². The highest BCUT2D eigenvalue weighted by Crippen LogP contribution is 2.39. The summed E-state index contributed by atoms with van der Waals surface area (Å²) in [5, 5.41) is 4.08. The van der Waals surface area contributed by atoms with Crippen molar-refractivity contribution in [3.05, 3.63) is 33.8 Å². The smallest absolute Gasteiger partial charge is 0.251 e. The van der Waals surface area contributed by atoms with Crippen LogP contribution in [0.1, 0.15) is 41.6 Å². The molecule has 19 heavy (non-hydrogen) atoms. The predicted octanol–water partition coefficient (Wildman–Crippen LogP) is 4.44. The summed E-state index contributed by atoms with van der Waals surface area (Å²) < 4.78 is 1.01. The Morgan fingerprint density at radius 1 is 1.37 bits per heavy atom. The number of rotatable bonds is 4. The van der Waals surface area contributed by atoms with E-state index in [-0.39, 0.29) is 11.3 Å². The Bertz CT molecular complexity index is 467. The number of aryl methyl sites for hydroxylation is 1. The lowest BCUT2D eigenvalue weighted by Crippen LogP contribution is -2.37. The van der Waals surface area contributed by atoms with Crippen LogP contribution in [0, 0.1) is 12.3 Å². The summed E-state index contributed by atoms with van der Waals surface area (Å²) in [6.45, 7) is 2.74. The maximum Gasteiger partial charge on any atom is 0.251 e. The van der Waals surface area contributed by atoms with E-state index >= 15 is 0 Å². The van der Waals surface area contributed by atoms with Crippen LogP contribution in [0.5, 0.6) is 0 Å². The zero-order valence-electron chi connectivity index (χ0n) is 11.1. The molecule has 2 nitrogen and oxygen atoms in total. The fourth-order valence-corrected chi connectivity index (χ4v) is 3.96. The predicted molar refractivity (Wildman–Crippen MR) is 85.9 cm³/mol. The highest BCUT2D eigenvalue weighted by Gasteiger charge is 2.33. The first-order valence-electron chi connectivity index (χ1n) is 6.67. The number of halogens is 2. The van der Waals surface area contributed by atoms with Crippen molar-refractivity contribution in [1.29, 1.82) is 0 Å². The van der Waals surface area contributed by atoms with Gasteiger partial charge in [-0.1, -0.05) is 44.7 Å². The van der Waals surface area contributed by atoms with Gasteiger partial charge in [-0.15, -0.1) is 0 Å². The molecule has 1 aromatic rings. The molecule has 0 heterocycles. The molecule has 0 aromatic heterocycles. The summed E-state index contributed by atoms with van der Waals surface area (Å²) in [6, 6.07) is 5.77. The van der Waals surface area contributed by atoms with Crippen molar-refractivity contribution in [2.24, 2.45) is 5.41 Å². The Morgan fingerprint density at radius 3 is 2.63 bits per heavy atom. The topological polar surface area (TPSA) is 29.1 Å². The molecule has 1 saturated carbocycles.